The highest BCUT2D eigenvalue weighted by molar-refractivity contribution is 5.93. The van der Waals surface area contributed by atoms with Crippen molar-refractivity contribution in [2.24, 2.45) is 35.1 Å². The van der Waals surface area contributed by atoms with Gasteiger partial charge >= 0.3 is 11.9 Å². The molecule has 1 aromatic carbocycles. The van der Waals surface area contributed by atoms with Crippen LogP contribution in [0.1, 0.15) is 221 Å². The van der Waals surface area contributed by atoms with Gasteiger partial charge in [0.05, 0.1) is 38.9 Å². The first-order valence-electron chi connectivity index (χ1n) is 32.9. The van der Waals surface area contributed by atoms with Gasteiger partial charge in [-0.15, -0.1) is 0 Å². The van der Waals surface area contributed by atoms with Crippen LogP contribution in [0.5, 0.6) is 5.75 Å². The van der Waals surface area contributed by atoms with E-state index >= 15 is 0 Å². The topological polar surface area (TPSA) is 363 Å². The zero-order chi connectivity index (χ0) is 65.9. The summed E-state index contributed by atoms with van der Waals surface area (Å²) in [5.74, 6) is -5.65. The summed E-state index contributed by atoms with van der Waals surface area (Å²) in [5, 5.41) is 44.2. The first kappa shape index (κ1) is 80.9. The van der Waals surface area contributed by atoms with Crippen LogP contribution in [0.15, 0.2) is 36.5 Å². The van der Waals surface area contributed by atoms with Crippen molar-refractivity contribution in [3.63, 3.8) is 0 Å². The SMILES string of the molecule is C=C(CCCCCCCCCCCCCCCCC(=O)O)N[C@@H](CCC(=O)NCCOCCOCC(=O)CCCOCCOCC(=O)NCCCC[C@H](CC(=O)CC(C)C)C(=O)C[C@@H](CCCCC(=N)N)C(=O)C[C@@H](Cc1ccc(O)cc1)C(N)=O)C(=O)O.[HH].[HH]. The van der Waals surface area contributed by atoms with Crippen molar-refractivity contribution in [2.75, 3.05) is 65.9 Å². The number of benzene rings is 1. The molecule has 89 heavy (non-hydrogen) atoms. The fourth-order valence-corrected chi connectivity index (χ4v) is 10.2. The van der Waals surface area contributed by atoms with Gasteiger partial charge in [0.15, 0.2) is 5.78 Å². The third-order valence-electron chi connectivity index (χ3n) is 15.3. The zero-order valence-electron chi connectivity index (χ0n) is 53.9. The van der Waals surface area contributed by atoms with E-state index in [9.17, 15) is 53.4 Å². The number of hydrogen-bond donors (Lipinski definition) is 9. The lowest BCUT2D eigenvalue weighted by Gasteiger charge is -2.22. The van der Waals surface area contributed by atoms with Gasteiger partial charge in [-0.3, -0.25) is 43.8 Å². The Balaban J connectivity index is 0. The van der Waals surface area contributed by atoms with Crippen molar-refractivity contribution in [2.45, 2.75) is 225 Å². The molecule has 0 saturated heterocycles. The number of primary amides is 1. The molecule has 0 unspecified atom stereocenters. The molecular weight excluding hydrogens is 1140 g/mol. The molecule has 0 aliphatic heterocycles. The molecule has 0 fully saturated rings. The Morgan fingerprint density at radius 2 is 1.02 bits per heavy atom. The standard InChI is InChI=1S/C67H112N6O16.2H2/c1-50(2)43-58(76)45-53(60(77)46-54(24-18-19-27-62(68)69)61(78)47-55(66(70)83)44-52-29-31-56(74)32-30-52)25-20-21-35-71-64(80)49-89-42-39-86-37-22-26-57(75)48-88-41-40-87-38-36-72-63(79)34-33-59(67(84)85)73-51(3)23-16-14-12-10-8-6-4-5-7-9-11-13-15-17-28-65(81)82;;/h29-32,50,53-55,59,73-74H,3-28,33-49H2,1-2H3,(H3,68,69)(H2,70,83)(H,71,80)(H,72,79)(H,81,82)(H,84,85);2*1H/t53-,54-,55-,59+;;/m1../s1. The molecule has 11 N–H and O–H groups in total. The van der Waals surface area contributed by atoms with Crippen molar-refractivity contribution in [1.29, 1.82) is 5.41 Å². The number of nitrogens with one attached hydrogen (secondary N) is 4. The molecule has 1 rings (SSSR count). The number of ether oxygens (including phenoxy) is 4. The Morgan fingerprint density at radius 1 is 0.517 bits per heavy atom. The third kappa shape index (κ3) is 47.5. The minimum Gasteiger partial charge on any atom is -0.508 e. The number of nitrogens with two attached hydrogens (primary N) is 2. The summed E-state index contributed by atoms with van der Waals surface area (Å²) >= 11 is 0. The summed E-state index contributed by atoms with van der Waals surface area (Å²) in [5.41, 5.74) is 12.7. The quantitative estimate of drug-likeness (QED) is 0.0166. The first-order chi connectivity index (χ1) is 42.7. The number of phenols is 1. The van der Waals surface area contributed by atoms with E-state index in [1.54, 1.807) is 12.1 Å². The second kappa shape index (κ2) is 52.7. The number of amidine groups is 1. The van der Waals surface area contributed by atoms with Crippen molar-refractivity contribution < 1.29 is 80.3 Å². The van der Waals surface area contributed by atoms with Gasteiger partial charge in [-0.25, -0.2) is 4.79 Å². The number of carboxylic acids is 2. The van der Waals surface area contributed by atoms with E-state index in [-0.39, 0.29) is 159 Å². The maximum Gasteiger partial charge on any atom is 0.326 e. The molecule has 0 aliphatic carbocycles. The van der Waals surface area contributed by atoms with E-state index in [0.717, 1.165) is 44.1 Å². The summed E-state index contributed by atoms with van der Waals surface area (Å²) in [6.45, 7) is 9.48. The molecule has 0 heterocycles. The summed E-state index contributed by atoms with van der Waals surface area (Å²) in [6.07, 6.45) is 21.1. The van der Waals surface area contributed by atoms with Crippen LogP contribution >= 0.6 is 0 Å². The van der Waals surface area contributed by atoms with Crippen LogP contribution < -0.4 is 27.4 Å². The Hall–Kier alpha value is -6.10. The molecule has 0 radical (unpaired) electrons. The second-order valence-corrected chi connectivity index (χ2v) is 24.0. The molecule has 22 heteroatoms. The lowest BCUT2D eigenvalue weighted by molar-refractivity contribution is -0.140. The first-order valence-corrected chi connectivity index (χ1v) is 32.9. The number of phenolic OH excluding ortho intramolecular Hbond substituents is 1. The van der Waals surface area contributed by atoms with Gasteiger partial charge in [-0.05, 0) is 87.8 Å². The smallest absolute Gasteiger partial charge is 0.326 e. The predicted octanol–water partition coefficient (Wildman–Crippen LogP) is 9.66. The molecule has 0 bridgehead atoms. The minimum absolute atomic E-state index is 0. The van der Waals surface area contributed by atoms with Crippen LogP contribution in [0, 0.1) is 29.1 Å². The molecule has 22 nitrogen and oxygen atoms in total. The van der Waals surface area contributed by atoms with E-state index in [2.05, 4.69) is 22.5 Å². The summed E-state index contributed by atoms with van der Waals surface area (Å²) in [6, 6.07) is 5.37. The summed E-state index contributed by atoms with van der Waals surface area (Å²) < 4.78 is 21.9. The third-order valence-corrected chi connectivity index (χ3v) is 15.3. The average Bonchev–Trinajstić information content (AvgIpc) is 3.66. The van der Waals surface area contributed by atoms with Crippen LogP contribution in [-0.4, -0.2) is 146 Å². The highest BCUT2D eigenvalue weighted by atomic mass is 16.5. The largest absolute Gasteiger partial charge is 0.508 e. The minimum atomic E-state index is -1.04. The molecule has 510 valence electrons. The van der Waals surface area contributed by atoms with E-state index < -0.39 is 41.6 Å². The van der Waals surface area contributed by atoms with Crippen molar-refractivity contribution in [1.82, 2.24) is 16.0 Å². The van der Waals surface area contributed by atoms with Gasteiger partial charge in [0.25, 0.3) is 0 Å². The normalized spacial score (nSPS) is 12.6. The Bertz CT molecular complexity index is 2220. The number of carboxylic acid groups (broad SMARTS) is 2. The van der Waals surface area contributed by atoms with Crippen LogP contribution in [0.4, 0.5) is 0 Å². The maximum atomic E-state index is 14.0. The summed E-state index contributed by atoms with van der Waals surface area (Å²) in [4.78, 5) is 113. The van der Waals surface area contributed by atoms with Crippen LogP contribution in [0.3, 0.4) is 0 Å². The molecule has 0 saturated carbocycles. The van der Waals surface area contributed by atoms with Gasteiger partial charge in [-0.2, -0.15) is 0 Å². The van der Waals surface area contributed by atoms with Crippen molar-refractivity contribution in [3.05, 3.63) is 42.1 Å². The number of ketones is 4. The molecular formula is C67H116N6O16. The number of rotatable bonds is 63. The number of carbonyl (C=O) groups excluding carboxylic acids is 7. The average molecular weight is 1260 g/mol. The number of hydrogen-bond acceptors (Lipinski definition) is 16. The number of aliphatic carboxylic acids is 2. The number of allylic oxidation sites excluding steroid dienone is 1. The predicted molar refractivity (Wildman–Crippen MR) is 346 cm³/mol. The maximum absolute atomic E-state index is 14.0. The fraction of sp³-hybridized carbons (Fsp3) is 0.731. The van der Waals surface area contributed by atoms with Crippen molar-refractivity contribution >= 4 is 58.6 Å². The molecule has 1 aromatic rings. The molecule has 0 aromatic heterocycles. The highest BCUT2D eigenvalue weighted by Crippen LogP contribution is 2.27. The summed E-state index contributed by atoms with van der Waals surface area (Å²) in [7, 11) is 0. The van der Waals surface area contributed by atoms with Gasteiger partial charge in [0, 0.05) is 97.4 Å². The van der Waals surface area contributed by atoms with Gasteiger partial charge in [0.2, 0.25) is 17.7 Å². The number of unbranched alkanes of at least 4 members (excludes halogenated alkanes) is 15. The number of Topliss-reactive ketones (excluding diaryl/α,β-unsaturated/α-hetero) is 4. The van der Waals surface area contributed by atoms with E-state index in [4.69, 9.17) is 40.9 Å². The van der Waals surface area contributed by atoms with Crippen LogP contribution in [-0.2, 0) is 68.5 Å². The van der Waals surface area contributed by atoms with E-state index in [0.29, 0.717) is 83.1 Å². The molecule has 0 aliphatic rings. The zero-order valence-corrected chi connectivity index (χ0v) is 53.9. The van der Waals surface area contributed by atoms with E-state index in [1.807, 2.05) is 13.8 Å². The lowest BCUT2D eigenvalue weighted by Crippen LogP contribution is -2.37. The Labute approximate surface area is 532 Å². The lowest BCUT2D eigenvalue weighted by atomic mass is 9.81. The fourth-order valence-electron chi connectivity index (χ4n) is 10.2. The highest BCUT2D eigenvalue weighted by Gasteiger charge is 2.31. The van der Waals surface area contributed by atoms with E-state index in [1.165, 1.54) is 63.5 Å². The molecule has 0 spiro atoms. The van der Waals surface area contributed by atoms with Crippen LogP contribution in [0.2, 0.25) is 0 Å². The monoisotopic (exact) mass is 1260 g/mol. The van der Waals surface area contributed by atoms with Gasteiger partial charge in [0.1, 0.15) is 42.4 Å². The van der Waals surface area contributed by atoms with Crippen molar-refractivity contribution in [3.8, 4) is 5.75 Å². The number of carbonyl (C=O) groups is 9. The van der Waals surface area contributed by atoms with Crippen LogP contribution in [0.25, 0.3) is 0 Å². The second-order valence-electron chi connectivity index (χ2n) is 24.0. The van der Waals surface area contributed by atoms with Gasteiger partial charge < -0.3 is 61.7 Å². The number of aromatic hydroxyl groups is 1. The molecule has 4 atom stereocenters. The number of amides is 3. The Kier molecular flexibility index (Phi) is 47.9. The molecule has 3 amide bonds. The Morgan fingerprint density at radius 3 is 1.58 bits per heavy atom. The van der Waals surface area contributed by atoms with Gasteiger partial charge in [-0.1, -0.05) is 122 Å².